The van der Waals surface area contributed by atoms with Gasteiger partial charge in [-0.15, -0.1) is 0 Å². The first kappa shape index (κ1) is 9.51. The van der Waals surface area contributed by atoms with Gasteiger partial charge in [-0.05, 0) is 49.0 Å². The molecule has 4 nitrogen and oxygen atoms in total. The Bertz CT molecular complexity index is 332. The lowest BCUT2D eigenvalue weighted by molar-refractivity contribution is 1.01. The van der Waals surface area contributed by atoms with Crippen molar-refractivity contribution in [1.82, 2.24) is 4.98 Å². The van der Waals surface area contributed by atoms with Crippen LogP contribution < -0.4 is 0 Å². The molecule has 1 aromatic rings. The molecule has 0 aliphatic carbocycles. The van der Waals surface area contributed by atoms with Gasteiger partial charge in [-0.3, -0.25) is 0 Å². The third kappa shape index (κ3) is 2.48. The van der Waals surface area contributed by atoms with Crippen LogP contribution in [-0.4, -0.2) is 4.98 Å². The fourth-order valence-corrected chi connectivity index (χ4v) is 1.40. The van der Waals surface area contributed by atoms with Gasteiger partial charge >= 0.3 is 0 Å². The van der Waals surface area contributed by atoms with Crippen molar-refractivity contribution in [3.05, 3.63) is 37.3 Å². The Morgan fingerprint density at radius 1 is 1.58 bits per heavy atom. The molecule has 0 aliphatic rings. The van der Waals surface area contributed by atoms with Crippen LogP contribution in [0.15, 0.2) is 26.5 Å². The van der Waals surface area contributed by atoms with E-state index in [0.29, 0.717) is 11.1 Å². The average Bonchev–Trinajstić information content (AvgIpc) is 2.07. The van der Waals surface area contributed by atoms with E-state index in [0.717, 1.165) is 10.0 Å². The lowest BCUT2D eigenvalue weighted by Crippen LogP contribution is -1.86. The van der Waals surface area contributed by atoms with Crippen LogP contribution in [0.25, 0.3) is 10.4 Å². The van der Waals surface area contributed by atoms with Crippen molar-refractivity contribution in [2.45, 2.75) is 6.54 Å². The molecule has 0 spiro atoms. The van der Waals surface area contributed by atoms with Gasteiger partial charge in [-0.25, -0.2) is 4.98 Å². The molecule has 6 heteroatoms. The zero-order chi connectivity index (χ0) is 8.97. The second-order valence-corrected chi connectivity index (χ2v) is 3.66. The van der Waals surface area contributed by atoms with E-state index in [-0.39, 0.29) is 0 Å². The Labute approximate surface area is 85.9 Å². The van der Waals surface area contributed by atoms with Crippen LogP contribution in [0.2, 0.25) is 0 Å². The minimum absolute atomic E-state index is 0.309. The summed E-state index contributed by atoms with van der Waals surface area (Å²) in [4.78, 5) is 6.68. The van der Waals surface area contributed by atoms with Gasteiger partial charge < -0.3 is 0 Å². The quantitative estimate of drug-likeness (QED) is 0.356. The van der Waals surface area contributed by atoms with Crippen LogP contribution in [0, 0.1) is 0 Å². The molecule has 1 rings (SSSR count). The molecule has 1 aromatic heterocycles. The molecule has 0 fully saturated rings. The first-order valence-corrected chi connectivity index (χ1v) is 4.63. The molecule has 0 aromatic carbocycles. The maximum Gasteiger partial charge on any atom is 0.109 e. The molecule has 62 valence electrons. The van der Waals surface area contributed by atoms with Crippen molar-refractivity contribution >= 4 is 31.9 Å². The smallest absolute Gasteiger partial charge is 0.109 e. The zero-order valence-corrected chi connectivity index (χ0v) is 9.08. The van der Waals surface area contributed by atoms with E-state index in [4.69, 9.17) is 5.53 Å². The molecule has 0 N–H and O–H groups in total. The van der Waals surface area contributed by atoms with Crippen LogP contribution in [-0.2, 0) is 6.54 Å². The van der Waals surface area contributed by atoms with Crippen LogP contribution in [0.5, 0.6) is 0 Å². The van der Waals surface area contributed by atoms with Gasteiger partial charge in [0, 0.05) is 15.6 Å². The second-order valence-electron chi connectivity index (χ2n) is 1.99. The highest BCUT2D eigenvalue weighted by atomic mass is 79.9. The topological polar surface area (TPSA) is 61.7 Å². The molecule has 0 atom stereocenters. The highest BCUT2D eigenvalue weighted by molar-refractivity contribution is 9.11. The highest BCUT2D eigenvalue weighted by Crippen LogP contribution is 2.19. The maximum atomic E-state index is 8.10. The van der Waals surface area contributed by atoms with Crippen molar-refractivity contribution in [1.29, 1.82) is 0 Å². The Morgan fingerprint density at radius 3 is 3.00 bits per heavy atom. The summed E-state index contributed by atoms with van der Waals surface area (Å²) in [5.74, 6) is 0. The number of azide groups is 1. The SMILES string of the molecule is [N-]=[N+]=NCc1cc(Br)cnc1Br. The van der Waals surface area contributed by atoms with Crippen LogP contribution >= 0.6 is 31.9 Å². The summed E-state index contributed by atoms with van der Waals surface area (Å²) >= 11 is 6.52. The molecular weight excluding hydrogens is 288 g/mol. The molecule has 0 amide bonds. The molecule has 0 aliphatic heterocycles. The van der Waals surface area contributed by atoms with Gasteiger partial charge in [0.15, 0.2) is 0 Å². The molecule has 1 heterocycles. The van der Waals surface area contributed by atoms with E-state index in [1.165, 1.54) is 0 Å². The average molecular weight is 292 g/mol. The van der Waals surface area contributed by atoms with Crippen molar-refractivity contribution in [2.75, 3.05) is 0 Å². The summed E-state index contributed by atoms with van der Waals surface area (Å²) < 4.78 is 1.58. The minimum atomic E-state index is 0.309. The Kier molecular flexibility index (Phi) is 3.52. The van der Waals surface area contributed by atoms with E-state index in [1.807, 2.05) is 6.07 Å². The molecular formula is C6H4Br2N4. The van der Waals surface area contributed by atoms with Crippen LogP contribution in [0.4, 0.5) is 0 Å². The lowest BCUT2D eigenvalue weighted by Gasteiger charge is -1.98. The second kappa shape index (κ2) is 4.45. The van der Waals surface area contributed by atoms with E-state index in [2.05, 4.69) is 46.9 Å². The monoisotopic (exact) mass is 290 g/mol. The number of nitrogens with zero attached hydrogens (tertiary/aromatic N) is 4. The van der Waals surface area contributed by atoms with E-state index in [1.54, 1.807) is 6.20 Å². The van der Waals surface area contributed by atoms with Crippen LogP contribution in [0.3, 0.4) is 0 Å². The van der Waals surface area contributed by atoms with Gasteiger partial charge in [0.2, 0.25) is 0 Å². The van der Waals surface area contributed by atoms with Crippen molar-refractivity contribution < 1.29 is 0 Å². The standard InChI is InChI=1S/C6H4Br2N4/c7-5-1-4(2-11-12-9)6(8)10-3-5/h1,3H,2H2. The zero-order valence-electron chi connectivity index (χ0n) is 5.91. The number of pyridine rings is 1. The Hall–Kier alpha value is -0.580. The normalized spacial score (nSPS) is 9.17. The fourth-order valence-electron chi connectivity index (χ4n) is 0.683. The first-order chi connectivity index (χ1) is 5.74. The van der Waals surface area contributed by atoms with Crippen molar-refractivity contribution in [3.63, 3.8) is 0 Å². The number of hydrogen-bond donors (Lipinski definition) is 0. The van der Waals surface area contributed by atoms with Crippen molar-refractivity contribution in [3.8, 4) is 0 Å². The molecule has 0 radical (unpaired) electrons. The van der Waals surface area contributed by atoms with Gasteiger partial charge in [0.05, 0.1) is 6.54 Å². The van der Waals surface area contributed by atoms with Crippen LogP contribution in [0.1, 0.15) is 5.56 Å². The summed E-state index contributed by atoms with van der Waals surface area (Å²) in [6.07, 6.45) is 1.67. The molecule has 0 saturated carbocycles. The number of aromatic nitrogens is 1. The predicted molar refractivity (Wildman–Crippen MR) is 52.5 cm³/mol. The van der Waals surface area contributed by atoms with Crippen molar-refractivity contribution in [2.24, 2.45) is 5.11 Å². The fraction of sp³-hybridized carbons (Fsp3) is 0.167. The number of hydrogen-bond acceptors (Lipinski definition) is 2. The Balaban J connectivity index is 2.96. The third-order valence-corrected chi connectivity index (χ3v) is 2.33. The van der Waals surface area contributed by atoms with E-state index in [9.17, 15) is 0 Å². The van der Waals surface area contributed by atoms with E-state index >= 15 is 0 Å². The molecule has 12 heavy (non-hydrogen) atoms. The molecule has 0 bridgehead atoms. The minimum Gasteiger partial charge on any atom is -0.248 e. The van der Waals surface area contributed by atoms with Gasteiger partial charge in [0.1, 0.15) is 4.60 Å². The molecule has 0 saturated heterocycles. The van der Waals surface area contributed by atoms with Gasteiger partial charge in [-0.2, -0.15) is 0 Å². The summed E-state index contributed by atoms with van der Waals surface area (Å²) in [7, 11) is 0. The largest absolute Gasteiger partial charge is 0.248 e. The number of halogens is 2. The van der Waals surface area contributed by atoms with Gasteiger partial charge in [0.25, 0.3) is 0 Å². The summed E-state index contributed by atoms with van der Waals surface area (Å²) in [6, 6.07) is 1.85. The highest BCUT2D eigenvalue weighted by Gasteiger charge is 1.99. The van der Waals surface area contributed by atoms with E-state index < -0.39 is 0 Å². The summed E-state index contributed by atoms with van der Waals surface area (Å²) in [5, 5.41) is 3.43. The summed E-state index contributed by atoms with van der Waals surface area (Å²) in [5.41, 5.74) is 8.96. The van der Waals surface area contributed by atoms with Gasteiger partial charge in [-0.1, -0.05) is 5.11 Å². The lowest BCUT2D eigenvalue weighted by atomic mass is 10.3. The maximum absolute atomic E-state index is 8.10. The first-order valence-electron chi connectivity index (χ1n) is 3.05. The molecule has 0 unspecified atom stereocenters. The number of rotatable bonds is 2. The third-order valence-electron chi connectivity index (χ3n) is 1.18. The predicted octanol–water partition coefficient (Wildman–Crippen LogP) is 3.42. The Morgan fingerprint density at radius 2 is 2.33 bits per heavy atom. The summed E-state index contributed by atoms with van der Waals surface area (Å²) in [6.45, 7) is 0.309.